The molecule has 6 nitrogen and oxygen atoms in total. The van der Waals surface area contributed by atoms with E-state index in [0.717, 1.165) is 71.5 Å². The Morgan fingerprint density at radius 3 is 2.68 bits per heavy atom. The van der Waals surface area contributed by atoms with E-state index in [1.807, 2.05) is 11.3 Å². The fourth-order valence-electron chi connectivity index (χ4n) is 4.34. The van der Waals surface area contributed by atoms with Gasteiger partial charge in [0, 0.05) is 51.6 Å². The Balaban J connectivity index is 1.41. The lowest BCUT2D eigenvalue weighted by Gasteiger charge is -2.42. The standard InChI is InChI=1S/C20H33N5OS2/c1-2-21-19(24-8-6-23(7-9-24)18-4-3-14-28-18)22-16-20(5-15-27-17-20)25-10-12-26-13-11-25/h3-4,14H,2,5-13,15-17H2,1H3,(H,21,22). The average Bonchev–Trinajstić information content (AvgIpc) is 3.45. The molecule has 4 heterocycles. The number of ether oxygens (including phenoxy) is 1. The lowest BCUT2D eigenvalue weighted by Crippen LogP contribution is -2.57. The Kier molecular flexibility index (Phi) is 7.03. The van der Waals surface area contributed by atoms with Crippen molar-refractivity contribution >= 4 is 34.1 Å². The van der Waals surface area contributed by atoms with Gasteiger partial charge in [0.2, 0.25) is 0 Å². The lowest BCUT2D eigenvalue weighted by molar-refractivity contribution is -0.0105. The molecule has 1 unspecified atom stereocenters. The molecule has 0 saturated carbocycles. The summed E-state index contributed by atoms with van der Waals surface area (Å²) in [4.78, 5) is 12.8. The van der Waals surface area contributed by atoms with Gasteiger partial charge < -0.3 is 19.9 Å². The molecule has 3 aliphatic rings. The van der Waals surface area contributed by atoms with Crippen molar-refractivity contribution in [2.24, 2.45) is 4.99 Å². The zero-order chi connectivity index (χ0) is 19.2. The molecule has 0 amide bonds. The molecule has 0 bridgehead atoms. The van der Waals surface area contributed by atoms with E-state index >= 15 is 0 Å². The smallest absolute Gasteiger partial charge is 0.194 e. The van der Waals surface area contributed by atoms with Crippen molar-refractivity contribution in [3.8, 4) is 0 Å². The molecule has 1 N–H and O–H groups in total. The highest BCUT2D eigenvalue weighted by Gasteiger charge is 2.40. The minimum absolute atomic E-state index is 0.216. The van der Waals surface area contributed by atoms with E-state index in [2.05, 4.69) is 56.2 Å². The van der Waals surface area contributed by atoms with Gasteiger partial charge in [-0.3, -0.25) is 9.89 Å². The molecular formula is C20H33N5OS2. The first-order valence-corrected chi connectivity index (χ1v) is 12.6. The molecule has 3 saturated heterocycles. The quantitative estimate of drug-likeness (QED) is 0.578. The Morgan fingerprint density at radius 1 is 1.21 bits per heavy atom. The van der Waals surface area contributed by atoms with Crippen molar-refractivity contribution in [1.82, 2.24) is 15.1 Å². The number of hydrogen-bond donors (Lipinski definition) is 1. The molecular weight excluding hydrogens is 390 g/mol. The van der Waals surface area contributed by atoms with E-state index in [1.54, 1.807) is 0 Å². The van der Waals surface area contributed by atoms with Crippen molar-refractivity contribution < 1.29 is 4.74 Å². The number of thiophene rings is 1. The number of morpholine rings is 1. The van der Waals surface area contributed by atoms with Gasteiger partial charge in [0.05, 0.1) is 30.3 Å². The van der Waals surface area contributed by atoms with Crippen LogP contribution in [0.4, 0.5) is 5.00 Å². The Bertz CT molecular complexity index is 619. The van der Waals surface area contributed by atoms with E-state index in [0.29, 0.717) is 0 Å². The Labute approximate surface area is 177 Å². The summed E-state index contributed by atoms with van der Waals surface area (Å²) in [6.45, 7) is 12.0. The van der Waals surface area contributed by atoms with Crippen LogP contribution in [0.5, 0.6) is 0 Å². The highest BCUT2D eigenvalue weighted by atomic mass is 32.2. The zero-order valence-corrected chi connectivity index (χ0v) is 18.6. The van der Waals surface area contributed by atoms with Crippen LogP contribution < -0.4 is 10.2 Å². The highest BCUT2D eigenvalue weighted by Crippen LogP contribution is 2.34. The van der Waals surface area contributed by atoms with Gasteiger partial charge in [0.25, 0.3) is 0 Å². The van der Waals surface area contributed by atoms with E-state index in [-0.39, 0.29) is 5.54 Å². The minimum atomic E-state index is 0.216. The second kappa shape index (κ2) is 9.69. The number of aliphatic imine (C=N–C) groups is 1. The van der Waals surface area contributed by atoms with Gasteiger partial charge in [-0.25, -0.2) is 0 Å². The molecule has 28 heavy (non-hydrogen) atoms. The van der Waals surface area contributed by atoms with Crippen molar-refractivity contribution in [3.05, 3.63) is 17.5 Å². The first-order chi connectivity index (χ1) is 13.8. The number of piperazine rings is 1. The maximum Gasteiger partial charge on any atom is 0.194 e. The molecule has 4 rings (SSSR count). The predicted octanol–water partition coefficient (Wildman–Crippen LogP) is 2.04. The van der Waals surface area contributed by atoms with Gasteiger partial charge in [-0.2, -0.15) is 11.8 Å². The fourth-order valence-corrected chi connectivity index (χ4v) is 6.60. The lowest BCUT2D eigenvalue weighted by atomic mass is 9.96. The molecule has 8 heteroatoms. The van der Waals surface area contributed by atoms with Crippen LogP contribution in [0.15, 0.2) is 22.5 Å². The Morgan fingerprint density at radius 2 is 2.04 bits per heavy atom. The van der Waals surface area contributed by atoms with Gasteiger partial charge in [-0.15, -0.1) is 11.3 Å². The second-order valence-electron chi connectivity index (χ2n) is 7.72. The van der Waals surface area contributed by atoms with Crippen LogP contribution in [-0.2, 0) is 4.74 Å². The normalized spacial score (nSPS) is 27.4. The predicted molar refractivity (Wildman–Crippen MR) is 121 cm³/mol. The second-order valence-corrected chi connectivity index (χ2v) is 9.75. The SMILES string of the molecule is CCNC(=NCC1(N2CCOCC2)CCSC1)N1CCN(c2cccs2)CC1. The number of nitrogens with one attached hydrogen (secondary N) is 1. The van der Waals surface area contributed by atoms with Gasteiger partial charge in [-0.1, -0.05) is 0 Å². The molecule has 0 radical (unpaired) electrons. The van der Waals surface area contributed by atoms with E-state index in [4.69, 9.17) is 9.73 Å². The molecule has 3 aliphatic heterocycles. The first-order valence-electron chi connectivity index (χ1n) is 10.5. The molecule has 156 valence electrons. The number of rotatable bonds is 5. The van der Waals surface area contributed by atoms with Gasteiger partial charge >= 0.3 is 0 Å². The van der Waals surface area contributed by atoms with Crippen LogP contribution in [0.2, 0.25) is 0 Å². The summed E-state index contributed by atoms with van der Waals surface area (Å²) < 4.78 is 5.60. The van der Waals surface area contributed by atoms with E-state index in [9.17, 15) is 0 Å². The van der Waals surface area contributed by atoms with Gasteiger partial charge in [-0.05, 0) is 36.6 Å². The van der Waals surface area contributed by atoms with Crippen LogP contribution in [0.25, 0.3) is 0 Å². The number of guanidine groups is 1. The Hall–Kier alpha value is -0.960. The molecule has 0 aliphatic carbocycles. The third-order valence-corrected chi connectivity index (χ3v) is 8.18. The van der Waals surface area contributed by atoms with Crippen LogP contribution in [-0.4, -0.2) is 98.4 Å². The molecule has 1 aromatic heterocycles. The number of hydrogen-bond acceptors (Lipinski definition) is 6. The van der Waals surface area contributed by atoms with E-state index in [1.165, 1.54) is 22.9 Å². The molecule has 1 atom stereocenters. The number of nitrogens with zero attached hydrogens (tertiary/aromatic N) is 4. The molecule has 1 aromatic rings. The van der Waals surface area contributed by atoms with Crippen LogP contribution in [0.3, 0.4) is 0 Å². The topological polar surface area (TPSA) is 43.3 Å². The summed E-state index contributed by atoms with van der Waals surface area (Å²) in [5.41, 5.74) is 0.216. The van der Waals surface area contributed by atoms with Crippen LogP contribution in [0, 0.1) is 0 Å². The van der Waals surface area contributed by atoms with Crippen molar-refractivity contribution in [2.45, 2.75) is 18.9 Å². The summed E-state index contributed by atoms with van der Waals surface area (Å²) in [6.07, 6.45) is 1.24. The molecule has 0 spiro atoms. The molecule has 0 aromatic carbocycles. The summed E-state index contributed by atoms with van der Waals surface area (Å²) in [6, 6.07) is 4.37. The number of thioether (sulfide) groups is 1. The van der Waals surface area contributed by atoms with Gasteiger partial charge in [0.15, 0.2) is 5.96 Å². The van der Waals surface area contributed by atoms with Crippen molar-refractivity contribution in [2.75, 3.05) is 82.0 Å². The maximum absolute atomic E-state index is 5.60. The fraction of sp³-hybridized carbons (Fsp3) is 0.750. The number of anilines is 1. The van der Waals surface area contributed by atoms with Crippen molar-refractivity contribution in [1.29, 1.82) is 0 Å². The maximum atomic E-state index is 5.60. The first kappa shape index (κ1) is 20.3. The third kappa shape index (κ3) is 4.61. The summed E-state index contributed by atoms with van der Waals surface area (Å²) in [5.74, 6) is 3.54. The summed E-state index contributed by atoms with van der Waals surface area (Å²) in [5, 5.41) is 7.11. The van der Waals surface area contributed by atoms with Crippen molar-refractivity contribution in [3.63, 3.8) is 0 Å². The summed E-state index contributed by atoms with van der Waals surface area (Å²) in [7, 11) is 0. The van der Waals surface area contributed by atoms with E-state index < -0.39 is 0 Å². The van der Waals surface area contributed by atoms with Crippen LogP contribution in [0.1, 0.15) is 13.3 Å². The van der Waals surface area contributed by atoms with Gasteiger partial charge in [0.1, 0.15) is 0 Å². The summed E-state index contributed by atoms with van der Waals surface area (Å²) >= 11 is 3.92. The minimum Gasteiger partial charge on any atom is -0.379 e. The molecule has 3 fully saturated rings. The monoisotopic (exact) mass is 423 g/mol. The highest BCUT2D eigenvalue weighted by molar-refractivity contribution is 7.99. The average molecular weight is 424 g/mol. The largest absolute Gasteiger partial charge is 0.379 e. The third-order valence-electron chi connectivity index (χ3n) is 6.02. The van der Waals surface area contributed by atoms with Crippen LogP contribution >= 0.6 is 23.1 Å². The zero-order valence-electron chi connectivity index (χ0n) is 16.9.